The Morgan fingerprint density at radius 3 is 2.41 bits per heavy atom. The minimum atomic E-state index is -0.175. The van der Waals surface area contributed by atoms with Crippen LogP contribution in [0.5, 0.6) is 0 Å². The molecule has 4 heteroatoms. The molecule has 0 aliphatic heterocycles. The van der Waals surface area contributed by atoms with Crippen LogP contribution in [-0.2, 0) is 0 Å². The molecule has 22 heavy (non-hydrogen) atoms. The van der Waals surface area contributed by atoms with Crippen molar-refractivity contribution in [1.29, 1.82) is 0 Å². The van der Waals surface area contributed by atoms with Crippen molar-refractivity contribution in [2.75, 3.05) is 5.32 Å². The molecule has 0 unspecified atom stereocenters. The molecule has 0 bridgehead atoms. The molecule has 3 aromatic rings. The molecule has 0 atom stereocenters. The Balaban J connectivity index is 1.89. The number of hydrogen-bond acceptors (Lipinski definition) is 2. The Morgan fingerprint density at radius 2 is 1.73 bits per heavy atom. The summed E-state index contributed by atoms with van der Waals surface area (Å²) in [6.07, 6.45) is 3.22. The summed E-state index contributed by atoms with van der Waals surface area (Å²) < 4.78 is 1.78. The van der Waals surface area contributed by atoms with Crippen LogP contribution in [-0.4, -0.2) is 15.5 Å². The van der Waals surface area contributed by atoms with Gasteiger partial charge in [-0.05, 0) is 49.2 Å². The third-order valence-electron chi connectivity index (χ3n) is 3.39. The van der Waals surface area contributed by atoms with E-state index in [0.29, 0.717) is 5.69 Å². The molecule has 1 aromatic heterocycles. The van der Waals surface area contributed by atoms with Crippen molar-refractivity contribution in [3.63, 3.8) is 0 Å². The molecule has 0 spiro atoms. The lowest BCUT2D eigenvalue weighted by Gasteiger charge is -2.10. The van der Waals surface area contributed by atoms with Crippen LogP contribution < -0.4 is 5.32 Å². The molecule has 4 nitrogen and oxygen atoms in total. The molecule has 2 aromatic carbocycles. The van der Waals surface area contributed by atoms with Crippen LogP contribution in [0.2, 0.25) is 0 Å². The van der Waals surface area contributed by atoms with Gasteiger partial charge < -0.3 is 5.32 Å². The molecule has 0 radical (unpaired) electrons. The Morgan fingerprint density at radius 1 is 1.05 bits per heavy atom. The number of aromatic nitrogens is 2. The molecule has 1 N–H and O–H groups in total. The zero-order chi connectivity index (χ0) is 15.5. The van der Waals surface area contributed by atoms with E-state index in [1.165, 1.54) is 0 Å². The van der Waals surface area contributed by atoms with Gasteiger partial charge >= 0.3 is 0 Å². The first kappa shape index (κ1) is 14.1. The highest BCUT2D eigenvalue weighted by Crippen LogP contribution is 2.16. The van der Waals surface area contributed by atoms with Crippen LogP contribution in [0.4, 0.5) is 5.69 Å². The fraction of sp³-hybridized carbons (Fsp3) is 0.111. The van der Waals surface area contributed by atoms with E-state index in [-0.39, 0.29) is 5.91 Å². The average molecular weight is 291 g/mol. The van der Waals surface area contributed by atoms with Crippen molar-refractivity contribution in [2.24, 2.45) is 0 Å². The standard InChI is InChI=1S/C18H17N3O/c1-13-8-14(2)10-15(9-13)20-18(22)17-11-19-12-21(17)16-6-4-3-5-7-16/h3-12H,1-2H3,(H,20,22). The fourth-order valence-electron chi connectivity index (χ4n) is 2.50. The van der Waals surface area contributed by atoms with E-state index in [9.17, 15) is 4.79 Å². The molecule has 0 fully saturated rings. The van der Waals surface area contributed by atoms with Crippen molar-refractivity contribution < 1.29 is 4.79 Å². The van der Waals surface area contributed by atoms with E-state index >= 15 is 0 Å². The molecular formula is C18H17N3O. The normalized spacial score (nSPS) is 10.5. The molecule has 0 aliphatic rings. The summed E-state index contributed by atoms with van der Waals surface area (Å²) in [6.45, 7) is 4.02. The Bertz CT molecular complexity index is 786. The quantitative estimate of drug-likeness (QED) is 0.799. The lowest BCUT2D eigenvalue weighted by molar-refractivity contribution is 0.102. The molecule has 1 heterocycles. The van der Waals surface area contributed by atoms with Gasteiger partial charge in [0.15, 0.2) is 0 Å². The van der Waals surface area contributed by atoms with Gasteiger partial charge in [0.2, 0.25) is 0 Å². The predicted octanol–water partition coefficient (Wildman–Crippen LogP) is 3.74. The monoisotopic (exact) mass is 291 g/mol. The SMILES string of the molecule is Cc1cc(C)cc(NC(=O)c2cncn2-c2ccccc2)c1. The second-order valence-corrected chi connectivity index (χ2v) is 5.31. The number of amides is 1. The molecule has 110 valence electrons. The number of aryl methyl sites for hydroxylation is 2. The molecule has 3 rings (SSSR count). The van der Waals surface area contributed by atoms with Gasteiger partial charge in [0.1, 0.15) is 5.69 Å². The van der Waals surface area contributed by atoms with Gasteiger partial charge in [-0.3, -0.25) is 9.36 Å². The van der Waals surface area contributed by atoms with Gasteiger partial charge in [-0.2, -0.15) is 0 Å². The van der Waals surface area contributed by atoms with E-state index in [1.54, 1.807) is 17.1 Å². The highest BCUT2D eigenvalue weighted by atomic mass is 16.2. The van der Waals surface area contributed by atoms with Crippen LogP contribution >= 0.6 is 0 Å². The number of rotatable bonds is 3. The van der Waals surface area contributed by atoms with Crippen LogP contribution in [0.25, 0.3) is 5.69 Å². The van der Waals surface area contributed by atoms with E-state index in [4.69, 9.17) is 0 Å². The zero-order valence-electron chi connectivity index (χ0n) is 12.6. The van der Waals surface area contributed by atoms with Gasteiger partial charge in [0.05, 0.1) is 12.5 Å². The first-order valence-corrected chi connectivity index (χ1v) is 7.11. The molecule has 0 saturated carbocycles. The maximum Gasteiger partial charge on any atom is 0.274 e. The average Bonchev–Trinajstić information content (AvgIpc) is 2.96. The van der Waals surface area contributed by atoms with Crippen molar-refractivity contribution >= 4 is 11.6 Å². The van der Waals surface area contributed by atoms with Crippen molar-refractivity contribution in [1.82, 2.24) is 9.55 Å². The highest BCUT2D eigenvalue weighted by molar-refractivity contribution is 6.03. The van der Waals surface area contributed by atoms with Gasteiger partial charge in [-0.1, -0.05) is 24.3 Å². The van der Waals surface area contributed by atoms with Crippen LogP contribution in [0.15, 0.2) is 61.1 Å². The summed E-state index contributed by atoms with van der Waals surface area (Å²) in [7, 11) is 0. The van der Waals surface area contributed by atoms with Gasteiger partial charge in [-0.15, -0.1) is 0 Å². The molecule has 0 saturated heterocycles. The van der Waals surface area contributed by atoms with E-state index in [0.717, 1.165) is 22.5 Å². The number of para-hydroxylation sites is 1. The number of benzene rings is 2. The predicted molar refractivity (Wildman–Crippen MR) is 87.4 cm³/mol. The summed E-state index contributed by atoms with van der Waals surface area (Å²) in [5.74, 6) is -0.175. The largest absolute Gasteiger partial charge is 0.321 e. The fourth-order valence-corrected chi connectivity index (χ4v) is 2.50. The second kappa shape index (κ2) is 5.85. The molecule has 0 aliphatic carbocycles. The topological polar surface area (TPSA) is 46.9 Å². The Hall–Kier alpha value is -2.88. The maximum atomic E-state index is 12.5. The maximum absolute atomic E-state index is 12.5. The first-order valence-electron chi connectivity index (χ1n) is 7.11. The lowest BCUT2D eigenvalue weighted by atomic mass is 10.1. The number of nitrogens with zero attached hydrogens (tertiary/aromatic N) is 2. The summed E-state index contributed by atoms with van der Waals surface area (Å²) in [5.41, 5.74) is 4.44. The minimum absolute atomic E-state index is 0.175. The number of hydrogen-bond donors (Lipinski definition) is 1. The van der Waals surface area contributed by atoms with E-state index < -0.39 is 0 Å². The third kappa shape index (κ3) is 2.91. The summed E-state index contributed by atoms with van der Waals surface area (Å²) in [6, 6.07) is 15.7. The summed E-state index contributed by atoms with van der Waals surface area (Å²) >= 11 is 0. The lowest BCUT2D eigenvalue weighted by Crippen LogP contribution is -2.16. The van der Waals surface area contributed by atoms with Gasteiger partial charge in [0, 0.05) is 11.4 Å². The summed E-state index contributed by atoms with van der Waals surface area (Å²) in [4.78, 5) is 16.6. The van der Waals surface area contributed by atoms with Crippen molar-refractivity contribution in [3.8, 4) is 5.69 Å². The Labute approximate surface area is 129 Å². The van der Waals surface area contributed by atoms with Gasteiger partial charge in [0.25, 0.3) is 5.91 Å². The minimum Gasteiger partial charge on any atom is -0.321 e. The van der Waals surface area contributed by atoms with Crippen LogP contribution in [0, 0.1) is 13.8 Å². The van der Waals surface area contributed by atoms with Gasteiger partial charge in [-0.25, -0.2) is 4.98 Å². The smallest absolute Gasteiger partial charge is 0.274 e. The second-order valence-electron chi connectivity index (χ2n) is 5.31. The Kier molecular flexibility index (Phi) is 3.74. The van der Waals surface area contributed by atoms with Crippen molar-refractivity contribution in [2.45, 2.75) is 13.8 Å². The van der Waals surface area contributed by atoms with Crippen LogP contribution in [0.3, 0.4) is 0 Å². The summed E-state index contributed by atoms with van der Waals surface area (Å²) in [5, 5.41) is 2.94. The number of carbonyl (C=O) groups excluding carboxylic acids is 1. The number of imidazole rings is 1. The number of anilines is 1. The number of carbonyl (C=O) groups is 1. The number of nitrogens with one attached hydrogen (secondary N) is 1. The molecule has 1 amide bonds. The first-order chi connectivity index (χ1) is 10.6. The van der Waals surface area contributed by atoms with E-state index in [1.807, 2.05) is 56.3 Å². The van der Waals surface area contributed by atoms with Crippen molar-refractivity contribution in [3.05, 3.63) is 77.9 Å². The van der Waals surface area contributed by atoms with Crippen LogP contribution in [0.1, 0.15) is 21.6 Å². The molecular weight excluding hydrogens is 274 g/mol. The van der Waals surface area contributed by atoms with E-state index in [2.05, 4.69) is 16.4 Å². The zero-order valence-corrected chi connectivity index (χ0v) is 12.6. The highest BCUT2D eigenvalue weighted by Gasteiger charge is 2.13. The third-order valence-corrected chi connectivity index (χ3v) is 3.39.